The first-order valence-electron chi connectivity index (χ1n) is 10.1. The molecule has 1 aromatic heterocycles. The molecule has 0 bridgehead atoms. The number of ether oxygens (including phenoxy) is 2. The molecule has 0 radical (unpaired) electrons. The van der Waals surface area contributed by atoms with E-state index in [2.05, 4.69) is 5.32 Å². The van der Waals surface area contributed by atoms with Crippen LogP contribution in [-0.2, 0) is 6.61 Å². The van der Waals surface area contributed by atoms with Crippen molar-refractivity contribution in [2.45, 2.75) is 6.61 Å². The van der Waals surface area contributed by atoms with Crippen LogP contribution in [0.15, 0.2) is 89.3 Å². The summed E-state index contributed by atoms with van der Waals surface area (Å²) in [6.45, 7) is 0.117. The topological polar surface area (TPSA) is 77.8 Å². The lowest BCUT2D eigenvalue weighted by Crippen LogP contribution is -2.14. The van der Waals surface area contributed by atoms with E-state index in [0.717, 1.165) is 0 Å². The van der Waals surface area contributed by atoms with E-state index in [1.54, 1.807) is 67.8 Å². The summed E-state index contributed by atoms with van der Waals surface area (Å²) in [5, 5.41) is 3.13. The van der Waals surface area contributed by atoms with Crippen LogP contribution in [-0.4, -0.2) is 18.8 Å². The molecule has 0 unspecified atom stereocenters. The minimum Gasteiger partial charge on any atom is -0.493 e. The van der Waals surface area contributed by atoms with Gasteiger partial charge in [0.05, 0.1) is 12.8 Å². The molecule has 166 valence electrons. The predicted molar refractivity (Wildman–Crippen MR) is 125 cm³/mol. The van der Waals surface area contributed by atoms with Gasteiger partial charge in [0.15, 0.2) is 23.0 Å². The number of furan rings is 1. The summed E-state index contributed by atoms with van der Waals surface area (Å²) in [5.41, 5.74) is 1.11. The second-order valence-electron chi connectivity index (χ2n) is 7.04. The number of nitrogens with one attached hydrogen (secondary N) is 1. The summed E-state index contributed by atoms with van der Waals surface area (Å²) < 4.78 is 16.6. The van der Waals surface area contributed by atoms with Gasteiger partial charge in [-0.15, -0.1) is 0 Å². The summed E-state index contributed by atoms with van der Waals surface area (Å²) in [5.74, 6) is 0.958. The number of anilines is 1. The summed E-state index contributed by atoms with van der Waals surface area (Å²) in [4.78, 5) is 25.7. The van der Waals surface area contributed by atoms with Gasteiger partial charge in [-0.05, 0) is 42.5 Å². The van der Waals surface area contributed by atoms with E-state index in [9.17, 15) is 9.59 Å². The molecule has 1 heterocycles. The summed E-state index contributed by atoms with van der Waals surface area (Å²) in [6.07, 6.45) is 0. The number of hydrogen-bond donors (Lipinski definition) is 1. The van der Waals surface area contributed by atoms with Crippen LogP contribution in [0.3, 0.4) is 0 Å². The molecule has 0 aliphatic carbocycles. The molecule has 3 aromatic carbocycles. The van der Waals surface area contributed by atoms with Gasteiger partial charge in [0.2, 0.25) is 0 Å². The maximum Gasteiger partial charge on any atom is 0.291 e. The van der Waals surface area contributed by atoms with Gasteiger partial charge < -0.3 is 19.2 Å². The molecule has 1 amide bonds. The summed E-state index contributed by atoms with van der Waals surface area (Å²) >= 11 is 6.11. The highest BCUT2D eigenvalue weighted by Crippen LogP contribution is 2.27. The Morgan fingerprint density at radius 2 is 1.64 bits per heavy atom. The van der Waals surface area contributed by atoms with Crippen LogP contribution in [0.1, 0.15) is 32.2 Å². The maximum atomic E-state index is 13.0. The number of amides is 1. The van der Waals surface area contributed by atoms with E-state index in [-0.39, 0.29) is 23.7 Å². The highest BCUT2D eigenvalue weighted by Gasteiger charge is 2.18. The van der Waals surface area contributed by atoms with E-state index >= 15 is 0 Å². The Labute approximate surface area is 195 Å². The third-order valence-corrected chi connectivity index (χ3v) is 5.07. The molecule has 0 saturated carbocycles. The van der Waals surface area contributed by atoms with Crippen molar-refractivity contribution in [2.24, 2.45) is 0 Å². The summed E-state index contributed by atoms with van der Waals surface area (Å²) in [6, 6.07) is 23.9. The molecule has 0 atom stereocenters. The number of methoxy groups -OCH3 is 1. The van der Waals surface area contributed by atoms with Crippen LogP contribution in [0.25, 0.3) is 0 Å². The largest absolute Gasteiger partial charge is 0.493 e. The van der Waals surface area contributed by atoms with E-state index in [4.69, 9.17) is 25.5 Å². The molecule has 4 rings (SSSR count). The second-order valence-corrected chi connectivity index (χ2v) is 7.48. The van der Waals surface area contributed by atoms with Crippen molar-refractivity contribution in [3.8, 4) is 11.5 Å². The van der Waals surface area contributed by atoms with E-state index in [1.807, 2.05) is 18.2 Å². The standard InChI is InChI=1S/C26H20ClNO5/c1-31-22-9-5-6-10-23(22)32-16-19-12-14-24(33-19)26(30)28-21-13-11-18(27)15-20(21)25(29)17-7-3-2-4-8-17/h2-15H,16H2,1H3,(H,28,30). The number of benzene rings is 3. The molecule has 7 heteroatoms. The number of halogens is 1. The zero-order chi connectivity index (χ0) is 23.2. The van der Waals surface area contributed by atoms with Crippen molar-refractivity contribution in [3.05, 3.63) is 113 Å². The fourth-order valence-electron chi connectivity index (χ4n) is 3.21. The predicted octanol–water partition coefficient (Wildman–Crippen LogP) is 6.00. The fraction of sp³-hybridized carbons (Fsp3) is 0.0769. The number of hydrogen-bond acceptors (Lipinski definition) is 5. The van der Waals surface area contributed by atoms with Crippen LogP contribution in [0.4, 0.5) is 5.69 Å². The molecule has 0 fully saturated rings. The maximum absolute atomic E-state index is 13.0. The molecule has 0 spiro atoms. The van der Waals surface area contributed by atoms with Crippen molar-refractivity contribution in [1.82, 2.24) is 0 Å². The van der Waals surface area contributed by atoms with Gasteiger partial charge in [-0.3, -0.25) is 9.59 Å². The van der Waals surface area contributed by atoms with Crippen molar-refractivity contribution >= 4 is 29.0 Å². The Balaban J connectivity index is 1.48. The lowest BCUT2D eigenvalue weighted by molar-refractivity contribution is 0.0992. The van der Waals surface area contributed by atoms with E-state index < -0.39 is 5.91 Å². The Kier molecular flexibility index (Phi) is 6.76. The van der Waals surface area contributed by atoms with Crippen LogP contribution >= 0.6 is 11.6 Å². The highest BCUT2D eigenvalue weighted by molar-refractivity contribution is 6.31. The van der Waals surface area contributed by atoms with Crippen molar-refractivity contribution in [1.29, 1.82) is 0 Å². The monoisotopic (exact) mass is 461 g/mol. The smallest absolute Gasteiger partial charge is 0.291 e. The first kappa shape index (κ1) is 22.2. The minimum atomic E-state index is -0.497. The Bertz CT molecular complexity index is 1280. The van der Waals surface area contributed by atoms with Gasteiger partial charge in [-0.25, -0.2) is 0 Å². The van der Waals surface area contributed by atoms with Gasteiger partial charge >= 0.3 is 0 Å². The Morgan fingerprint density at radius 3 is 2.39 bits per heavy atom. The van der Waals surface area contributed by atoms with Gasteiger partial charge in [-0.2, -0.15) is 0 Å². The third kappa shape index (κ3) is 5.25. The Morgan fingerprint density at radius 1 is 0.909 bits per heavy atom. The first-order chi connectivity index (χ1) is 16.0. The fourth-order valence-corrected chi connectivity index (χ4v) is 3.38. The van der Waals surface area contributed by atoms with Crippen molar-refractivity contribution in [3.63, 3.8) is 0 Å². The van der Waals surface area contributed by atoms with Crippen molar-refractivity contribution < 1.29 is 23.5 Å². The first-order valence-corrected chi connectivity index (χ1v) is 10.5. The number of rotatable bonds is 8. The Hall–Kier alpha value is -4.03. The number of para-hydroxylation sites is 2. The zero-order valence-corrected chi connectivity index (χ0v) is 18.5. The molecule has 0 aliphatic rings. The quantitative estimate of drug-likeness (QED) is 0.325. The SMILES string of the molecule is COc1ccccc1OCc1ccc(C(=O)Nc2ccc(Cl)cc2C(=O)c2ccccc2)o1. The second kappa shape index (κ2) is 10.1. The molecule has 0 saturated heterocycles. The molecule has 0 aliphatic heterocycles. The van der Waals surface area contributed by atoms with Gasteiger partial charge in [0.25, 0.3) is 5.91 Å². The number of carbonyl (C=O) groups is 2. The lowest BCUT2D eigenvalue weighted by Gasteiger charge is -2.11. The number of carbonyl (C=O) groups excluding carboxylic acids is 2. The molecule has 33 heavy (non-hydrogen) atoms. The van der Waals surface area contributed by atoms with Crippen LogP contribution < -0.4 is 14.8 Å². The highest BCUT2D eigenvalue weighted by atomic mass is 35.5. The molecule has 4 aromatic rings. The molecule has 6 nitrogen and oxygen atoms in total. The van der Waals surface area contributed by atoms with Crippen LogP contribution in [0, 0.1) is 0 Å². The van der Waals surface area contributed by atoms with Gasteiger partial charge in [0, 0.05) is 16.1 Å². The van der Waals surface area contributed by atoms with E-state index in [0.29, 0.717) is 33.5 Å². The minimum absolute atomic E-state index is 0.0849. The normalized spacial score (nSPS) is 10.5. The lowest BCUT2D eigenvalue weighted by atomic mass is 10.0. The molecular weight excluding hydrogens is 442 g/mol. The molecule has 1 N–H and O–H groups in total. The van der Waals surface area contributed by atoms with Crippen LogP contribution in [0.5, 0.6) is 11.5 Å². The third-order valence-electron chi connectivity index (χ3n) is 4.83. The summed E-state index contributed by atoms with van der Waals surface area (Å²) in [7, 11) is 1.56. The average Bonchev–Trinajstić information content (AvgIpc) is 3.33. The molecular formula is C26H20ClNO5. The number of ketones is 1. The zero-order valence-electron chi connectivity index (χ0n) is 17.7. The van der Waals surface area contributed by atoms with Crippen LogP contribution in [0.2, 0.25) is 5.02 Å². The van der Waals surface area contributed by atoms with Crippen molar-refractivity contribution in [2.75, 3.05) is 12.4 Å². The van der Waals surface area contributed by atoms with Gasteiger partial charge in [-0.1, -0.05) is 54.1 Å². The average molecular weight is 462 g/mol. The van der Waals surface area contributed by atoms with E-state index in [1.165, 1.54) is 6.07 Å². The van der Waals surface area contributed by atoms with Gasteiger partial charge in [0.1, 0.15) is 12.4 Å².